The summed E-state index contributed by atoms with van der Waals surface area (Å²) < 4.78 is 21.8. The first kappa shape index (κ1) is 21.0. The third kappa shape index (κ3) is 3.64. The molecular weight excluding hydrogens is 389 g/mol. The molecule has 0 amide bonds. The van der Waals surface area contributed by atoms with Crippen LogP contribution in [0.2, 0.25) is 0 Å². The number of ether oxygens (including phenoxy) is 1. The second-order valence-electron chi connectivity index (χ2n) is 7.75. The fourth-order valence-electron chi connectivity index (χ4n) is 4.25. The minimum atomic E-state index is -1.49. The summed E-state index contributed by atoms with van der Waals surface area (Å²) in [5, 5.41) is 40.9. The molecule has 1 fully saturated rings. The number of benzene rings is 2. The van der Waals surface area contributed by atoms with E-state index in [2.05, 4.69) is 13.0 Å². The van der Waals surface area contributed by atoms with Crippen molar-refractivity contribution < 1.29 is 29.6 Å². The number of aliphatic hydroxyl groups is 4. The van der Waals surface area contributed by atoms with Crippen LogP contribution in [0.15, 0.2) is 48.7 Å². The molecule has 0 spiro atoms. The van der Waals surface area contributed by atoms with Crippen molar-refractivity contribution in [3.8, 4) is 0 Å². The summed E-state index contributed by atoms with van der Waals surface area (Å²) in [6, 6.07) is 12.5. The number of aryl methyl sites for hydroxylation is 1. The first-order valence-corrected chi connectivity index (χ1v) is 10.1. The lowest BCUT2D eigenvalue weighted by molar-refractivity contribution is -0.231. The maximum absolute atomic E-state index is 14.1. The SMILES string of the molecule is CCc1ccccc1Cn1cc([C@@H]2O[C@H](CO)[C@@H](O)[C@H](O)[C@H]2O)c2cc(F)ccc21. The summed E-state index contributed by atoms with van der Waals surface area (Å²) in [4.78, 5) is 0. The lowest BCUT2D eigenvalue weighted by Gasteiger charge is -2.40. The highest BCUT2D eigenvalue weighted by molar-refractivity contribution is 5.84. The van der Waals surface area contributed by atoms with E-state index in [1.54, 1.807) is 12.3 Å². The zero-order chi connectivity index (χ0) is 21.4. The summed E-state index contributed by atoms with van der Waals surface area (Å²) in [6.07, 6.45) is -3.74. The van der Waals surface area contributed by atoms with Gasteiger partial charge in [0.2, 0.25) is 0 Å². The van der Waals surface area contributed by atoms with Crippen molar-refractivity contribution >= 4 is 10.9 Å². The summed E-state index contributed by atoms with van der Waals surface area (Å²) in [7, 11) is 0. The van der Waals surface area contributed by atoms with Gasteiger partial charge in [0.05, 0.1) is 6.61 Å². The number of rotatable bonds is 5. The van der Waals surface area contributed by atoms with Crippen LogP contribution in [0.4, 0.5) is 4.39 Å². The van der Waals surface area contributed by atoms with Gasteiger partial charge in [0.15, 0.2) is 0 Å². The van der Waals surface area contributed by atoms with Crippen molar-refractivity contribution in [2.45, 2.75) is 50.4 Å². The first-order valence-electron chi connectivity index (χ1n) is 10.1. The van der Waals surface area contributed by atoms with E-state index in [9.17, 15) is 24.8 Å². The van der Waals surface area contributed by atoms with E-state index in [0.717, 1.165) is 17.5 Å². The fourth-order valence-corrected chi connectivity index (χ4v) is 4.25. The zero-order valence-electron chi connectivity index (χ0n) is 16.6. The molecule has 7 heteroatoms. The van der Waals surface area contributed by atoms with Crippen molar-refractivity contribution in [1.29, 1.82) is 0 Å². The smallest absolute Gasteiger partial charge is 0.123 e. The van der Waals surface area contributed by atoms with Gasteiger partial charge in [-0.25, -0.2) is 4.39 Å². The van der Waals surface area contributed by atoms with Crippen molar-refractivity contribution in [3.63, 3.8) is 0 Å². The van der Waals surface area contributed by atoms with Crippen LogP contribution < -0.4 is 0 Å². The Balaban J connectivity index is 1.80. The molecular formula is C23H26FNO5. The Morgan fingerprint density at radius 2 is 1.73 bits per heavy atom. The Morgan fingerprint density at radius 1 is 1.00 bits per heavy atom. The van der Waals surface area contributed by atoms with E-state index in [-0.39, 0.29) is 0 Å². The molecule has 5 atom stereocenters. The molecule has 30 heavy (non-hydrogen) atoms. The molecule has 2 heterocycles. The van der Waals surface area contributed by atoms with Crippen molar-refractivity contribution in [2.75, 3.05) is 6.61 Å². The third-order valence-electron chi connectivity index (χ3n) is 5.91. The predicted octanol–water partition coefficient (Wildman–Crippen LogP) is 1.91. The van der Waals surface area contributed by atoms with Gasteiger partial charge in [-0.2, -0.15) is 0 Å². The van der Waals surface area contributed by atoms with Crippen LogP contribution in [0.1, 0.15) is 29.7 Å². The minimum absolute atomic E-state index is 0.431. The Bertz CT molecular complexity index is 1030. The lowest BCUT2D eigenvalue weighted by atomic mass is 9.91. The molecule has 160 valence electrons. The standard InChI is InChI=1S/C23H26FNO5/c1-2-13-5-3-4-6-14(13)10-25-11-17(16-9-15(24)7-8-18(16)25)23-22(29)21(28)20(27)19(12-26)30-23/h3-9,11,19-23,26-29H,2,10,12H2,1H3/t19-,20-,21+,22-,23+/m1/s1. The van der Waals surface area contributed by atoms with Gasteiger partial charge in [0, 0.05) is 29.2 Å². The Hall–Kier alpha value is -2.29. The van der Waals surface area contributed by atoms with E-state index in [0.29, 0.717) is 17.5 Å². The molecule has 0 unspecified atom stereocenters. The van der Waals surface area contributed by atoms with Crippen LogP contribution >= 0.6 is 0 Å². The molecule has 4 rings (SSSR count). The highest BCUT2D eigenvalue weighted by Crippen LogP contribution is 2.37. The van der Waals surface area contributed by atoms with E-state index < -0.39 is 42.9 Å². The normalized spacial score (nSPS) is 26.9. The third-order valence-corrected chi connectivity index (χ3v) is 5.91. The molecule has 4 N–H and O–H groups in total. The van der Waals surface area contributed by atoms with Gasteiger partial charge in [0.25, 0.3) is 0 Å². The fraction of sp³-hybridized carbons (Fsp3) is 0.391. The highest BCUT2D eigenvalue weighted by atomic mass is 19.1. The molecule has 0 radical (unpaired) electrons. The summed E-state index contributed by atoms with van der Waals surface area (Å²) in [6.45, 7) is 2.11. The van der Waals surface area contributed by atoms with Gasteiger partial charge in [-0.15, -0.1) is 0 Å². The maximum Gasteiger partial charge on any atom is 0.123 e. The number of halogens is 1. The van der Waals surface area contributed by atoms with Crippen LogP contribution in [-0.2, 0) is 17.7 Å². The second kappa shape index (κ2) is 8.45. The zero-order valence-corrected chi connectivity index (χ0v) is 16.6. The van der Waals surface area contributed by atoms with Crippen LogP contribution in [0.25, 0.3) is 10.9 Å². The average molecular weight is 415 g/mol. The topological polar surface area (TPSA) is 95.1 Å². The minimum Gasteiger partial charge on any atom is -0.394 e. The lowest BCUT2D eigenvalue weighted by Crippen LogP contribution is -2.55. The molecule has 1 saturated heterocycles. The number of aliphatic hydroxyl groups excluding tert-OH is 4. The number of aromatic nitrogens is 1. The van der Waals surface area contributed by atoms with Gasteiger partial charge < -0.3 is 29.7 Å². The monoisotopic (exact) mass is 415 g/mol. The number of hydrogen-bond donors (Lipinski definition) is 4. The average Bonchev–Trinajstić information content (AvgIpc) is 3.10. The molecule has 1 aromatic heterocycles. The molecule has 0 bridgehead atoms. The molecule has 6 nitrogen and oxygen atoms in total. The Morgan fingerprint density at radius 3 is 2.43 bits per heavy atom. The number of fused-ring (bicyclic) bond motifs is 1. The van der Waals surface area contributed by atoms with Crippen molar-refractivity contribution in [2.24, 2.45) is 0 Å². The van der Waals surface area contributed by atoms with Crippen molar-refractivity contribution in [1.82, 2.24) is 4.57 Å². The van der Waals surface area contributed by atoms with Gasteiger partial charge in [-0.1, -0.05) is 31.2 Å². The highest BCUT2D eigenvalue weighted by Gasteiger charge is 2.44. The summed E-state index contributed by atoms with van der Waals surface area (Å²) in [5.41, 5.74) is 3.59. The van der Waals surface area contributed by atoms with Crippen LogP contribution in [0.5, 0.6) is 0 Å². The molecule has 1 aliphatic heterocycles. The van der Waals surface area contributed by atoms with E-state index in [1.165, 1.54) is 17.7 Å². The molecule has 0 aliphatic carbocycles. The largest absolute Gasteiger partial charge is 0.394 e. The Labute approximate surface area is 173 Å². The van der Waals surface area contributed by atoms with Crippen LogP contribution in [-0.4, -0.2) is 56.0 Å². The second-order valence-corrected chi connectivity index (χ2v) is 7.75. The van der Waals surface area contributed by atoms with E-state index in [4.69, 9.17) is 4.74 Å². The van der Waals surface area contributed by atoms with Gasteiger partial charge in [-0.05, 0) is 35.7 Å². The quantitative estimate of drug-likeness (QED) is 0.511. The molecule has 0 saturated carbocycles. The van der Waals surface area contributed by atoms with Crippen LogP contribution in [0, 0.1) is 5.82 Å². The number of nitrogens with zero attached hydrogens (tertiary/aromatic N) is 1. The number of hydrogen-bond acceptors (Lipinski definition) is 5. The van der Waals surface area contributed by atoms with E-state index in [1.807, 2.05) is 22.8 Å². The summed E-state index contributed by atoms with van der Waals surface area (Å²) >= 11 is 0. The van der Waals surface area contributed by atoms with Crippen LogP contribution in [0.3, 0.4) is 0 Å². The van der Waals surface area contributed by atoms with Gasteiger partial charge in [0.1, 0.15) is 36.3 Å². The van der Waals surface area contributed by atoms with Gasteiger partial charge >= 0.3 is 0 Å². The molecule has 2 aromatic carbocycles. The predicted molar refractivity (Wildman–Crippen MR) is 110 cm³/mol. The van der Waals surface area contributed by atoms with E-state index >= 15 is 0 Å². The summed E-state index contributed by atoms with van der Waals surface area (Å²) in [5.74, 6) is -0.431. The molecule has 3 aromatic rings. The molecule has 1 aliphatic rings. The Kier molecular flexibility index (Phi) is 5.90. The van der Waals surface area contributed by atoms with Crippen molar-refractivity contribution in [3.05, 3.63) is 71.2 Å². The first-order chi connectivity index (χ1) is 14.4. The maximum atomic E-state index is 14.1. The van der Waals surface area contributed by atoms with Gasteiger partial charge in [-0.3, -0.25) is 0 Å².